The van der Waals surface area contributed by atoms with Gasteiger partial charge in [0.1, 0.15) is 0 Å². The summed E-state index contributed by atoms with van der Waals surface area (Å²) in [5, 5.41) is 2.01. The van der Waals surface area contributed by atoms with Gasteiger partial charge in [-0.15, -0.1) is 0 Å². The van der Waals surface area contributed by atoms with Crippen molar-refractivity contribution in [2.45, 2.75) is 26.2 Å². The van der Waals surface area contributed by atoms with Crippen molar-refractivity contribution in [3.05, 3.63) is 33.8 Å². The maximum absolute atomic E-state index is 12.1. The number of carbonyl (C=O) groups excluding carboxylic acids is 1. The minimum Gasteiger partial charge on any atom is -0.285 e. The lowest BCUT2D eigenvalue weighted by atomic mass is 10.1. The van der Waals surface area contributed by atoms with Crippen LogP contribution in [0.5, 0.6) is 0 Å². The molecule has 1 aromatic carbocycles. The lowest BCUT2D eigenvalue weighted by Crippen LogP contribution is -2.45. The van der Waals surface area contributed by atoms with Crippen LogP contribution < -0.4 is 5.43 Å². The van der Waals surface area contributed by atoms with E-state index in [-0.39, 0.29) is 5.91 Å². The van der Waals surface area contributed by atoms with Crippen molar-refractivity contribution in [3.8, 4) is 0 Å². The minimum atomic E-state index is -0.0255. The van der Waals surface area contributed by atoms with E-state index in [4.69, 9.17) is 0 Å². The number of aryl methyl sites for hydroxylation is 1. The van der Waals surface area contributed by atoms with Crippen molar-refractivity contribution in [3.63, 3.8) is 0 Å². The number of nitrogens with one attached hydrogen (secondary N) is 1. The number of amides is 1. The minimum absolute atomic E-state index is 0.0255. The summed E-state index contributed by atoms with van der Waals surface area (Å²) in [6.07, 6.45) is 3.59. The van der Waals surface area contributed by atoms with Crippen LogP contribution in [0, 0.1) is 6.92 Å². The number of hydrazine groups is 1. The zero-order chi connectivity index (χ0) is 12.3. The van der Waals surface area contributed by atoms with E-state index in [1.807, 2.05) is 30.1 Å². The Hall–Kier alpha value is -0.870. The molecule has 92 valence electrons. The molecule has 1 fully saturated rings. The molecule has 1 heterocycles. The molecule has 1 amide bonds. The quantitative estimate of drug-likeness (QED) is 0.910. The van der Waals surface area contributed by atoms with Crippen LogP contribution in [-0.2, 0) is 0 Å². The van der Waals surface area contributed by atoms with Crippen molar-refractivity contribution in [2.75, 3.05) is 13.1 Å². The molecule has 0 radical (unpaired) electrons. The molecule has 0 aromatic heterocycles. The Morgan fingerprint density at radius 3 is 2.71 bits per heavy atom. The molecule has 0 aliphatic carbocycles. The summed E-state index contributed by atoms with van der Waals surface area (Å²) >= 11 is 3.47. The van der Waals surface area contributed by atoms with Gasteiger partial charge in [-0.05, 0) is 47.3 Å². The Bertz CT molecular complexity index is 414. The van der Waals surface area contributed by atoms with Gasteiger partial charge in [0.25, 0.3) is 5.91 Å². The number of hydrogen-bond acceptors (Lipinski definition) is 2. The zero-order valence-electron chi connectivity index (χ0n) is 10.0. The van der Waals surface area contributed by atoms with E-state index >= 15 is 0 Å². The molecule has 1 saturated heterocycles. The number of halogens is 1. The average molecular weight is 297 g/mol. The lowest BCUT2D eigenvalue weighted by Gasteiger charge is -2.27. The molecule has 4 heteroatoms. The van der Waals surface area contributed by atoms with Crippen LogP contribution in [0.4, 0.5) is 0 Å². The fourth-order valence-corrected chi connectivity index (χ4v) is 2.48. The van der Waals surface area contributed by atoms with Crippen molar-refractivity contribution in [1.29, 1.82) is 0 Å². The second-order valence-electron chi connectivity index (χ2n) is 4.43. The highest BCUT2D eigenvalue weighted by molar-refractivity contribution is 9.10. The molecule has 0 unspecified atom stereocenters. The van der Waals surface area contributed by atoms with Gasteiger partial charge in [0.15, 0.2) is 0 Å². The van der Waals surface area contributed by atoms with Crippen molar-refractivity contribution in [2.24, 2.45) is 0 Å². The van der Waals surface area contributed by atoms with E-state index in [1.165, 1.54) is 6.42 Å². The number of rotatable bonds is 2. The summed E-state index contributed by atoms with van der Waals surface area (Å²) in [4.78, 5) is 12.1. The van der Waals surface area contributed by atoms with Crippen LogP contribution >= 0.6 is 15.9 Å². The molecule has 1 aromatic rings. The van der Waals surface area contributed by atoms with E-state index in [9.17, 15) is 4.79 Å². The number of piperidine rings is 1. The summed E-state index contributed by atoms with van der Waals surface area (Å²) < 4.78 is 0.884. The van der Waals surface area contributed by atoms with Gasteiger partial charge in [0.05, 0.1) is 5.56 Å². The molecular weight excluding hydrogens is 280 g/mol. The molecule has 17 heavy (non-hydrogen) atoms. The Balaban J connectivity index is 2.06. The van der Waals surface area contributed by atoms with E-state index in [0.717, 1.165) is 36.0 Å². The molecule has 1 aliphatic heterocycles. The number of benzene rings is 1. The second kappa shape index (κ2) is 5.65. The first kappa shape index (κ1) is 12.6. The molecule has 1 aliphatic rings. The van der Waals surface area contributed by atoms with Gasteiger partial charge in [-0.1, -0.05) is 18.6 Å². The van der Waals surface area contributed by atoms with Crippen molar-refractivity contribution >= 4 is 21.8 Å². The van der Waals surface area contributed by atoms with Gasteiger partial charge in [-0.2, -0.15) is 0 Å². The summed E-state index contributed by atoms with van der Waals surface area (Å²) in [5.74, 6) is -0.0255. The SMILES string of the molecule is Cc1cccc(C(=O)NN2CCCCC2)c1Br. The Morgan fingerprint density at radius 2 is 2.00 bits per heavy atom. The van der Waals surface area contributed by atoms with Crippen LogP contribution in [0.25, 0.3) is 0 Å². The van der Waals surface area contributed by atoms with E-state index in [1.54, 1.807) is 0 Å². The summed E-state index contributed by atoms with van der Waals surface area (Å²) in [6.45, 7) is 3.89. The van der Waals surface area contributed by atoms with Crippen molar-refractivity contribution in [1.82, 2.24) is 10.4 Å². The van der Waals surface area contributed by atoms with Gasteiger partial charge in [-0.3, -0.25) is 10.2 Å². The van der Waals surface area contributed by atoms with Crippen LogP contribution in [0.15, 0.2) is 22.7 Å². The Kier molecular flexibility index (Phi) is 4.18. The highest BCUT2D eigenvalue weighted by Gasteiger charge is 2.16. The predicted molar refractivity (Wildman–Crippen MR) is 71.8 cm³/mol. The Labute approximate surface area is 110 Å². The third-order valence-electron chi connectivity index (χ3n) is 3.05. The molecule has 0 spiro atoms. The number of nitrogens with zero attached hydrogens (tertiary/aromatic N) is 1. The van der Waals surface area contributed by atoms with Crippen LogP contribution in [-0.4, -0.2) is 24.0 Å². The van der Waals surface area contributed by atoms with Gasteiger partial charge in [0.2, 0.25) is 0 Å². The second-order valence-corrected chi connectivity index (χ2v) is 5.22. The highest BCUT2D eigenvalue weighted by Crippen LogP contribution is 2.21. The largest absolute Gasteiger partial charge is 0.285 e. The fraction of sp³-hybridized carbons (Fsp3) is 0.462. The molecule has 1 N–H and O–H groups in total. The number of carbonyl (C=O) groups is 1. The third-order valence-corrected chi connectivity index (χ3v) is 4.10. The van der Waals surface area contributed by atoms with Gasteiger partial charge in [0, 0.05) is 17.6 Å². The molecule has 2 rings (SSSR count). The maximum Gasteiger partial charge on any atom is 0.266 e. The molecule has 0 atom stereocenters. The first-order valence-corrected chi connectivity index (χ1v) is 6.79. The number of hydrogen-bond donors (Lipinski definition) is 1. The summed E-state index contributed by atoms with van der Waals surface area (Å²) in [5.41, 5.74) is 4.75. The normalized spacial score (nSPS) is 16.8. The lowest BCUT2D eigenvalue weighted by molar-refractivity contribution is 0.0749. The summed E-state index contributed by atoms with van der Waals surface area (Å²) in [7, 11) is 0. The van der Waals surface area contributed by atoms with Crippen molar-refractivity contribution < 1.29 is 4.79 Å². The third kappa shape index (κ3) is 3.07. The monoisotopic (exact) mass is 296 g/mol. The standard InChI is InChI=1S/C13H17BrN2O/c1-10-6-5-7-11(12(10)14)13(17)15-16-8-3-2-4-9-16/h5-7H,2-4,8-9H2,1H3,(H,15,17). The average Bonchev–Trinajstić information content (AvgIpc) is 2.34. The maximum atomic E-state index is 12.1. The van der Waals surface area contributed by atoms with Crippen LogP contribution in [0.2, 0.25) is 0 Å². The first-order chi connectivity index (χ1) is 8.18. The van der Waals surface area contributed by atoms with Gasteiger partial charge < -0.3 is 0 Å². The van der Waals surface area contributed by atoms with E-state index in [0.29, 0.717) is 5.56 Å². The van der Waals surface area contributed by atoms with E-state index < -0.39 is 0 Å². The molecule has 0 bridgehead atoms. The molecule has 3 nitrogen and oxygen atoms in total. The van der Waals surface area contributed by atoms with Crippen LogP contribution in [0.3, 0.4) is 0 Å². The zero-order valence-corrected chi connectivity index (χ0v) is 11.6. The molecular formula is C13H17BrN2O. The van der Waals surface area contributed by atoms with Gasteiger partial charge in [-0.25, -0.2) is 5.01 Å². The smallest absolute Gasteiger partial charge is 0.266 e. The van der Waals surface area contributed by atoms with E-state index in [2.05, 4.69) is 21.4 Å². The van der Waals surface area contributed by atoms with Gasteiger partial charge >= 0.3 is 0 Å². The highest BCUT2D eigenvalue weighted by atomic mass is 79.9. The fourth-order valence-electron chi connectivity index (χ4n) is 2.03. The Morgan fingerprint density at radius 1 is 1.29 bits per heavy atom. The molecule has 0 saturated carbocycles. The summed E-state index contributed by atoms with van der Waals surface area (Å²) in [6, 6.07) is 5.74. The topological polar surface area (TPSA) is 32.3 Å². The first-order valence-electron chi connectivity index (χ1n) is 5.99. The van der Waals surface area contributed by atoms with Crippen LogP contribution in [0.1, 0.15) is 35.2 Å². The predicted octanol–water partition coefficient (Wildman–Crippen LogP) is 2.89.